The Labute approximate surface area is 195 Å². The SMILES string of the molecule is CN(Cc1cc(F)cc(F)c1)Cc1ccc(C(=O)NCc2cc3ccccc3o2)cc1NC=O. The lowest BCUT2D eigenvalue weighted by molar-refractivity contribution is -0.105. The van der Waals surface area contributed by atoms with Gasteiger partial charge in [-0.15, -0.1) is 0 Å². The van der Waals surface area contributed by atoms with Gasteiger partial charge < -0.3 is 15.1 Å². The van der Waals surface area contributed by atoms with E-state index in [1.165, 1.54) is 12.1 Å². The van der Waals surface area contributed by atoms with E-state index < -0.39 is 11.6 Å². The van der Waals surface area contributed by atoms with Crippen molar-refractivity contribution in [3.05, 3.63) is 101 Å². The van der Waals surface area contributed by atoms with Gasteiger partial charge in [-0.05, 0) is 54.6 Å². The first kappa shape index (κ1) is 23.1. The first-order valence-corrected chi connectivity index (χ1v) is 10.6. The van der Waals surface area contributed by atoms with Gasteiger partial charge in [0.05, 0.1) is 6.54 Å². The molecule has 4 rings (SSSR count). The molecule has 3 aromatic carbocycles. The number of rotatable bonds is 9. The minimum absolute atomic E-state index is 0.221. The van der Waals surface area contributed by atoms with Crippen LogP contribution < -0.4 is 10.6 Å². The van der Waals surface area contributed by atoms with Crippen LogP contribution in [-0.4, -0.2) is 24.3 Å². The highest BCUT2D eigenvalue weighted by atomic mass is 19.1. The molecular weight excluding hydrogens is 440 g/mol. The van der Waals surface area contributed by atoms with Gasteiger partial charge in [0, 0.05) is 35.8 Å². The fourth-order valence-corrected chi connectivity index (χ4v) is 3.81. The molecule has 2 amide bonds. The minimum Gasteiger partial charge on any atom is -0.459 e. The second kappa shape index (κ2) is 10.3. The summed E-state index contributed by atoms with van der Waals surface area (Å²) in [7, 11) is 1.79. The molecule has 6 nitrogen and oxygen atoms in total. The molecule has 0 bridgehead atoms. The molecule has 0 aliphatic heterocycles. The van der Waals surface area contributed by atoms with Crippen molar-refractivity contribution in [3.8, 4) is 0 Å². The lowest BCUT2D eigenvalue weighted by Crippen LogP contribution is -2.23. The fourth-order valence-electron chi connectivity index (χ4n) is 3.81. The third-order valence-corrected chi connectivity index (χ3v) is 5.30. The molecule has 174 valence electrons. The zero-order valence-electron chi connectivity index (χ0n) is 18.5. The molecule has 1 heterocycles. The van der Waals surface area contributed by atoms with Gasteiger partial charge in [0.1, 0.15) is 23.0 Å². The number of halogens is 2. The first-order chi connectivity index (χ1) is 16.4. The van der Waals surface area contributed by atoms with Gasteiger partial charge in [0.15, 0.2) is 0 Å². The quantitative estimate of drug-likeness (QED) is 0.348. The molecule has 0 saturated carbocycles. The number of hydrogen-bond donors (Lipinski definition) is 2. The highest BCUT2D eigenvalue weighted by molar-refractivity contribution is 5.96. The first-order valence-electron chi connectivity index (χ1n) is 10.6. The molecule has 0 radical (unpaired) electrons. The Kier molecular flexibility index (Phi) is 6.98. The predicted octanol–water partition coefficient (Wildman–Crippen LogP) is 4.84. The lowest BCUT2D eigenvalue weighted by atomic mass is 10.1. The van der Waals surface area contributed by atoms with Gasteiger partial charge in [-0.2, -0.15) is 0 Å². The summed E-state index contributed by atoms with van der Waals surface area (Å²) in [5, 5.41) is 6.40. The maximum Gasteiger partial charge on any atom is 0.251 e. The Bertz CT molecular complexity index is 1280. The largest absolute Gasteiger partial charge is 0.459 e. The molecule has 0 saturated heterocycles. The van der Waals surface area contributed by atoms with Crippen molar-refractivity contribution < 1.29 is 22.8 Å². The number of benzene rings is 3. The summed E-state index contributed by atoms with van der Waals surface area (Å²) in [5.74, 6) is -0.952. The van der Waals surface area contributed by atoms with Crippen molar-refractivity contribution in [2.75, 3.05) is 12.4 Å². The van der Waals surface area contributed by atoms with E-state index in [2.05, 4.69) is 10.6 Å². The normalized spacial score (nSPS) is 11.1. The van der Waals surface area contributed by atoms with Crippen LogP contribution in [0.2, 0.25) is 0 Å². The number of anilines is 1. The summed E-state index contributed by atoms with van der Waals surface area (Å²) in [6, 6.07) is 17.8. The van der Waals surface area contributed by atoms with Crippen LogP contribution in [0.15, 0.2) is 71.1 Å². The zero-order chi connectivity index (χ0) is 24.1. The molecule has 0 unspecified atom stereocenters. The average Bonchev–Trinajstić information content (AvgIpc) is 3.21. The molecule has 4 aromatic rings. The van der Waals surface area contributed by atoms with Crippen molar-refractivity contribution >= 4 is 29.0 Å². The summed E-state index contributed by atoms with van der Waals surface area (Å²) in [6.07, 6.45) is 0.539. The van der Waals surface area contributed by atoms with Gasteiger partial charge >= 0.3 is 0 Å². The third kappa shape index (κ3) is 5.65. The van der Waals surface area contributed by atoms with E-state index in [4.69, 9.17) is 4.42 Å². The van der Waals surface area contributed by atoms with Crippen LogP contribution in [0.3, 0.4) is 0 Å². The molecule has 0 aliphatic rings. The molecule has 2 N–H and O–H groups in total. The predicted molar refractivity (Wildman–Crippen MR) is 125 cm³/mol. The Morgan fingerprint density at radius 3 is 2.50 bits per heavy atom. The number of carbonyl (C=O) groups excluding carboxylic acids is 2. The molecule has 1 aromatic heterocycles. The van der Waals surface area contributed by atoms with Crippen LogP contribution in [0.4, 0.5) is 14.5 Å². The summed E-state index contributed by atoms with van der Waals surface area (Å²) in [6.45, 7) is 0.906. The summed E-state index contributed by atoms with van der Waals surface area (Å²) < 4.78 is 32.6. The number of fused-ring (bicyclic) bond motifs is 1. The molecule has 0 atom stereocenters. The van der Waals surface area contributed by atoms with Crippen LogP contribution in [-0.2, 0) is 24.4 Å². The monoisotopic (exact) mass is 463 g/mol. The molecule has 0 aliphatic carbocycles. The number of nitrogens with zero attached hydrogens (tertiary/aromatic N) is 1. The smallest absolute Gasteiger partial charge is 0.251 e. The number of amides is 2. The summed E-state index contributed by atoms with van der Waals surface area (Å²) in [4.78, 5) is 25.7. The van der Waals surface area contributed by atoms with Gasteiger partial charge in [-0.25, -0.2) is 8.78 Å². The number of nitrogens with one attached hydrogen (secondary N) is 2. The van der Waals surface area contributed by atoms with Crippen molar-refractivity contribution in [2.45, 2.75) is 19.6 Å². The summed E-state index contributed by atoms with van der Waals surface area (Å²) in [5.41, 5.74) is 2.84. The van der Waals surface area contributed by atoms with Gasteiger partial charge in [-0.1, -0.05) is 24.3 Å². The Balaban J connectivity index is 1.43. The van der Waals surface area contributed by atoms with E-state index in [0.717, 1.165) is 22.6 Å². The van der Waals surface area contributed by atoms with E-state index in [0.29, 0.717) is 42.1 Å². The highest BCUT2D eigenvalue weighted by Gasteiger charge is 2.13. The molecule has 8 heteroatoms. The Hall–Kier alpha value is -4.04. The van der Waals surface area contributed by atoms with Crippen molar-refractivity contribution in [3.63, 3.8) is 0 Å². The second-order valence-electron chi connectivity index (χ2n) is 8.02. The van der Waals surface area contributed by atoms with E-state index in [-0.39, 0.29) is 12.5 Å². The van der Waals surface area contributed by atoms with Crippen LogP contribution in [0.25, 0.3) is 11.0 Å². The van der Waals surface area contributed by atoms with Gasteiger partial charge in [0.25, 0.3) is 5.91 Å². The number of carbonyl (C=O) groups is 2. The van der Waals surface area contributed by atoms with Crippen LogP contribution in [0.1, 0.15) is 27.2 Å². The molecule has 0 fully saturated rings. The van der Waals surface area contributed by atoms with E-state index in [9.17, 15) is 18.4 Å². The van der Waals surface area contributed by atoms with E-state index >= 15 is 0 Å². The van der Waals surface area contributed by atoms with Crippen molar-refractivity contribution in [2.24, 2.45) is 0 Å². The summed E-state index contributed by atoms with van der Waals surface area (Å²) >= 11 is 0. The second-order valence-corrected chi connectivity index (χ2v) is 8.02. The van der Waals surface area contributed by atoms with E-state index in [1.807, 2.05) is 35.2 Å². The number of para-hydroxylation sites is 1. The molecule has 34 heavy (non-hydrogen) atoms. The standard InChI is InChI=1S/C26H23F2N3O3/c1-31(14-17-8-21(27)12-22(28)9-17)15-20-7-6-19(11-24(20)30-16-32)26(33)29-13-23-10-18-4-2-3-5-25(18)34-23/h2-12,16H,13-15H2,1H3,(H,29,33)(H,30,32). The fraction of sp³-hybridized carbons (Fsp3) is 0.154. The average molecular weight is 463 g/mol. The number of hydrogen-bond acceptors (Lipinski definition) is 4. The Morgan fingerprint density at radius 2 is 1.76 bits per heavy atom. The van der Waals surface area contributed by atoms with Crippen molar-refractivity contribution in [1.82, 2.24) is 10.2 Å². The minimum atomic E-state index is -0.635. The molecular formula is C26H23F2N3O3. The van der Waals surface area contributed by atoms with E-state index in [1.54, 1.807) is 25.2 Å². The third-order valence-electron chi connectivity index (χ3n) is 5.30. The maximum absolute atomic E-state index is 13.5. The van der Waals surface area contributed by atoms with Crippen LogP contribution in [0.5, 0.6) is 0 Å². The highest BCUT2D eigenvalue weighted by Crippen LogP contribution is 2.22. The van der Waals surface area contributed by atoms with Crippen LogP contribution in [0, 0.1) is 11.6 Å². The Morgan fingerprint density at radius 1 is 1.00 bits per heavy atom. The number of furan rings is 1. The topological polar surface area (TPSA) is 74.6 Å². The van der Waals surface area contributed by atoms with Crippen molar-refractivity contribution in [1.29, 1.82) is 0 Å². The zero-order valence-corrected chi connectivity index (χ0v) is 18.5. The lowest BCUT2D eigenvalue weighted by Gasteiger charge is -2.19. The van der Waals surface area contributed by atoms with Gasteiger partial charge in [-0.3, -0.25) is 14.5 Å². The van der Waals surface area contributed by atoms with Gasteiger partial charge in [0.2, 0.25) is 6.41 Å². The molecule has 0 spiro atoms. The van der Waals surface area contributed by atoms with Crippen LogP contribution >= 0.6 is 0 Å². The maximum atomic E-state index is 13.5.